The number of rotatable bonds is 11. The zero-order valence-corrected chi connectivity index (χ0v) is 17.6. The van der Waals surface area contributed by atoms with Crippen molar-refractivity contribution in [1.82, 2.24) is 4.31 Å². The minimum absolute atomic E-state index is 0.113. The molecule has 28 heavy (non-hydrogen) atoms. The van der Waals surface area contributed by atoms with E-state index in [1.165, 1.54) is 23.5 Å². The van der Waals surface area contributed by atoms with Crippen LogP contribution in [0.25, 0.3) is 0 Å². The van der Waals surface area contributed by atoms with Gasteiger partial charge >= 0.3 is 0 Å². The molecule has 1 aliphatic heterocycles. The van der Waals surface area contributed by atoms with Crippen LogP contribution in [0.4, 0.5) is 5.69 Å². The Morgan fingerprint density at radius 3 is 2.68 bits per heavy atom. The smallest absolute Gasteiger partial charge is 0.243 e. The lowest BCUT2D eigenvalue weighted by molar-refractivity contribution is -0.117. The van der Waals surface area contributed by atoms with E-state index in [9.17, 15) is 13.2 Å². The molecule has 1 aliphatic rings. The van der Waals surface area contributed by atoms with Crippen LogP contribution < -0.4 is 10.1 Å². The molecule has 1 heterocycles. The maximum absolute atomic E-state index is 12.7. The Kier molecular flexibility index (Phi) is 8.68. The summed E-state index contributed by atoms with van der Waals surface area (Å²) < 4.78 is 43.0. The number of hydrogen-bond acceptors (Lipinski definition) is 6. The lowest BCUT2D eigenvalue weighted by atomic mass is 10.2. The summed E-state index contributed by atoms with van der Waals surface area (Å²) in [7, 11) is -2.16. The first-order chi connectivity index (χ1) is 13.4. The fraction of sp³-hybridized carbons (Fsp3) is 0.632. The quantitative estimate of drug-likeness (QED) is 0.558. The van der Waals surface area contributed by atoms with Gasteiger partial charge in [-0.05, 0) is 31.0 Å². The Balaban J connectivity index is 1.99. The number of carbonyl (C=O) groups is 1. The average Bonchev–Trinajstić information content (AvgIpc) is 3.19. The Bertz CT molecular complexity index is 743. The van der Waals surface area contributed by atoms with Crippen molar-refractivity contribution in [3.63, 3.8) is 0 Å². The van der Waals surface area contributed by atoms with Gasteiger partial charge in [-0.15, -0.1) is 0 Å². The molecule has 1 unspecified atom stereocenters. The summed E-state index contributed by atoms with van der Waals surface area (Å²) in [4.78, 5) is 12.4. The maximum Gasteiger partial charge on any atom is 0.243 e. The monoisotopic (exact) mass is 414 g/mol. The molecule has 1 aromatic carbocycles. The van der Waals surface area contributed by atoms with E-state index >= 15 is 0 Å². The Hall–Kier alpha value is -1.68. The van der Waals surface area contributed by atoms with Gasteiger partial charge < -0.3 is 19.5 Å². The van der Waals surface area contributed by atoms with Gasteiger partial charge in [0.15, 0.2) is 0 Å². The summed E-state index contributed by atoms with van der Waals surface area (Å²) in [6.07, 6.45) is 2.30. The number of nitrogens with zero attached hydrogens (tertiary/aromatic N) is 1. The fourth-order valence-electron chi connectivity index (χ4n) is 3.03. The van der Waals surface area contributed by atoms with Crippen molar-refractivity contribution in [1.29, 1.82) is 0 Å². The maximum atomic E-state index is 12.7. The van der Waals surface area contributed by atoms with Gasteiger partial charge in [-0.25, -0.2) is 8.42 Å². The number of ether oxygens (including phenoxy) is 3. The summed E-state index contributed by atoms with van der Waals surface area (Å²) in [5.74, 6) is 0.121. The topological polar surface area (TPSA) is 94.2 Å². The van der Waals surface area contributed by atoms with E-state index in [2.05, 4.69) is 5.32 Å². The van der Waals surface area contributed by atoms with Gasteiger partial charge in [0.25, 0.3) is 0 Å². The third-order valence-corrected chi connectivity index (χ3v) is 6.64. The summed E-state index contributed by atoms with van der Waals surface area (Å²) in [6.45, 7) is 5.82. The van der Waals surface area contributed by atoms with E-state index in [0.29, 0.717) is 31.1 Å². The second kappa shape index (κ2) is 10.8. The van der Waals surface area contributed by atoms with Crippen LogP contribution in [0.15, 0.2) is 23.1 Å². The van der Waals surface area contributed by atoms with Crippen molar-refractivity contribution in [2.24, 2.45) is 0 Å². The minimum atomic E-state index is -3.63. The highest BCUT2D eigenvalue weighted by Crippen LogP contribution is 2.29. The molecule has 8 nitrogen and oxygen atoms in total. The summed E-state index contributed by atoms with van der Waals surface area (Å²) >= 11 is 0. The molecule has 1 N–H and O–H groups in total. The third-order valence-electron chi connectivity index (χ3n) is 4.59. The number of anilines is 1. The fourth-order valence-corrected chi connectivity index (χ4v) is 4.51. The first-order valence-electron chi connectivity index (χ1n) is 9.59. The van der Waals surface area contributed by atoms with E-state index in [1.54, 1.807) is 19.9 Å². The zero-order chi connectivity index (χ0) is 20.6. The summed E-state index contributed by atoms with van der Waals surface area (Å²) in [5, 5.41) is 2.72. The second-order valence-corrected chi connectivity index (χ2v) is 8.40. The first-order valence-corrected chi connectivity index (χ1v) is 11.0. The molecule has 0 radical (unpaired) electrons. The standard InChI is InChI=1S/C19H30N2O6S/c1-4-21(5-2)28(23,24)16-8-9-18(25-3)17(13-16)20-19(22)10-12-26-14-15-7-6-11-27-15/h8-9,13,15H,4-7,10-12,14H2,1-3H3,(H,20,22). The summed E-state index contributed by atoms with van der Waals surface area (Å²) in [5.41, 5.74) is 0.319. The van der Waals surface area contributed by atoms with Crippen molar-refractivity contribution < 1.29 is 27.4 Å². The predicted octanol–water partition coefficient (Wildman–Crippen LogP) is 2.25. The lowest BCUT2D eigenvalue weighted by Gasteiger charge is -2.19. The van der Waals surface area contributed by atoms with Gasteiger partial charge in [-0.2, -0.15) is 4.31 Å². The predicted molar refractivity (Wildman–Crippen MR) is 106 cm³/mol. The number of benzene rings is 1. The van der Waals surface area contributed by atoms with Crippen molar-refractivity contribution in [3.05, 3.63) is 18.2 Å². The highest BCUT2D eigenvalue weighted by atomic mass is 32.2. The van der Waals surface area contributed by atoms with Crippen LogP contribution >= 0.6 is 0 Å². The summed E-state index contributed by atoms with van der Waals surface area (Å²) in [6, 6.07) is 4.45. The second-order valence-electron chi connectivity index (χ2n) is 6.46. The van der Waals surface area contributed by atoms with Crippen molar-refractivity contribution in [3.8, 4) is 5.75 Å². The molecule has 9 heteroatoms. The Morgan fingerprint density at radius 2 is 2.07 bits per heavy atom. The van der Waals surface area contributed by atoms with Crippen molar-refractivity contribution in [2.45, 2.75) is 44.1 Å². The molecule has 1 fully saturated rings. The molecule has 0 bridgehead atoms. The van der Waals surface area contributed by atoms with Crippen LogP contribution in [-0.2, 0) is 24.3 Å². The molecule has 1 saturated heterocycles. The first kappa shape index (κ1) is 22.6. The zero-order valence-electron chi connectivity index (χ0n) is 16.8. The van der Waals surface area contributed by atoms with E-state index in [4.69, 9.17) is 14.2 Å². The Morgan fingerprint density at radius 1 is 1.32 bits per heavy atom. The van der Waals surface area contributed by atoms with Crippen LogP contribution in [0.1, 0.15) is 33.1 Å². The lowest BCUT2D eigenvalue weighted by Crippen LogP contribution is -2.30. The number of carbonyl (C=O) groups excluding carboxylic acids is 1. The molecular weight excluding hydrogens is 384 g/mol. The number of nitrogens with one attached hydrogen (secondary N) is 1. The van der Waals surface area contributed by atoms with Crippen LogP contribution in [0.3, 0.4) is 0 Å². The number of amides is 1. The molecular formula is C19H30N2O6S. The number of hydrogen-bond donors (Lipinski definition) is 1. The van der Waals surface area contributed by atoms with Crippen molar-refractivity contribution >= 4 is 21.6 Å². The van der Waals surface area contributed by atoms with E-state index in [-0.39, 0.29) is 29.9 Å². The van der Waals surface area contributed by atoms with Gasteiger partial charge in [0.05, 0.1) is 43.4 Å². The van der Waals surface area contributed by atoms with E-state index < -0.39 is 10.0 Å². The highest BCUT2D eigenvalue weighted by Gasteiger charge is 2.23. The molecule has 0 aromatic heterocycles. The van der Waals surface area contributed by atoms with Crippen LogP contribution in [0, 0.1) is 0 Å². The third kappa shape index (κ3) is 5.91. The molecule has 0 aliphatic carbocycles. The van der Waals surface area contributed by atoms with E-state index in [1.807, 2.05) is 0 Å². The largest absolute Gasteiger partial charge is 0.495 e. The molecule has 2 rings (SSSR count). The highest BCUT2D eigenvalue weighted by molar-refractivity contribution is 7.89. The normalized spacial score (nSPS) is 17.1. The molecule has 1 atom stereocenters. The van der Waals surface area contributed by atoms with Gasteiger partial charge in [0.1, 0.15) is 5.75 Å². The van der Waals surface area contributed by atoms with Crippen LogP contribution in [0.2, 0.25) is 0 Å². The Labute approximate surface area is 167 Å². The van der Waals surface area contributed by atoms with Gasteiger partial charge in [-0.1, -0.05) is 13.8 Å². The van der Waals surface area contributed by atoms with Gasteiger partial charge in [0, 0.05) is 19.7 Å². The molecule has 0 saturated carbocycles. The van der Waals surface area contributed by atoms with Crippen LogP contribution in [0.5, 0.6) is 5.75 Å². The van der Waals surface area contributed by atoms with E-state index in [0.717, 1.165) is 19.4 Å². The minimum Gasteiger partial charge on any atom is -0.495 e. The van der Waals surface area contributed by atoms with Crippen molar-refractivity contribution in [2.75, 3.05) is 45.3 Å². The molecule has 1 amide bonds. The van der Waals surface area contributed by atoms with Gasteiger partial charge in [-0.3, -0.25) is 4.79 Å². The van der Waals surface area contributed by atoms with Gasteiger partial charge in [0.2, 0.25) is 15.9 Å². The van der Waals surface area contributed by atoms with Crippen LogP contribution in [-0.4, -0.2) is 64.8 Å². The number of sulfonamides is 1. The average molecular weight is 415 g/mol. The molecule has 158 valence electrons. The SMILES string of the molecule is CCN(CC)S(=O)(=O)c1ccc(OC)c(NC(=O)CCOCC2CCCO2)c1. The number of methoxy groups -OCH3 is 1. The molecule has 0 spiro atoms. The molecule has 1 aromatic rings.